The fraction of sp³-hybridized carbons (Fsp3) is 0.286. The molecule has 2 amide bonds. The first kappa shape index (κ1) is 13.8. The average Bonchev–Trinajstić information content (AvgIpc) is 2.57. The molecule has 0 spiro atoms. The quantitative estimate of drug-likeness (QED) is 0.867. The number of halogens is 1. The molecule has 1 aliphatic heterocycles. The Kier molecular flexibility index (Phi) is 3.75. The molecule has 1 atom stereocenters. The van der Waals surface area contributed by atoms with Crippen LogP contribution in [0.25, 0.3) is 0 Å². The predicted octanol–water partition coefficient (Wildman–Crippen LogP) is 2.73. The number of carbonyl (C=O) groups excluding carboxylic acids is 1. The van der Waals surface area contributed by atoms with Crippen LogP contribution < -0.4 is 5.73 Å². The zero-order chi connectivity index (χ0) is 14.0. The van der Waals surface area contributed by atoms with Gasteiger partial charge in [0.25, 0.3) is 0 Å². The molecule has 0 radical (unpaired) electrons. The summed E-state index contributed by atoms with van der Waals surface area (Å²) < 4.78 is 1.02. The Labute approximate surface area is 121 Å². The Hall–Kier alpha value is -1.62. The highest BCUT2D eigenvalue weighted by Crippen LogP contribution is 2.27. The van der Waals surface area contributed by atoms with E-state index in [0.29, 0.717) is 18.8 Å². The largest absolute Gasteiger partial charge is 0.385 e. The van der Waals surface area contributed by atoms with Crippen LogP contribution in [0.5, 0.6) is 0 Å². The first-order valence-corrected chi connectivity index (χ1v) is 6.78. The number of nitrogens with two attached hydrogens (primary N) is 1. The number of benzene rings is 1. The van der Waals surface area contributed by atoms with Gasteiger partial charge in [-0.2, -0.15) is 4.99 Å². The Bertz CT molecular complexity index is 538. The van der Waals surface area contributed by atoms with Crippen molar-refractivity contribution in [2.75, 3.05) is 6.54 Å². The van der Waals surface area contributed by atoms with Crippen LogP contribution in [0.3, 0.4) is 0 Å². The van der Waals surface area contributed by atoms with Crippen molar-refractivity contribution in [2.24, 2.45) is 10.7 Å². The number of aliphatic imine (C=N–C) groups is 1. The molecule has 19 heavy (non-hydrogen) atoms. The van der Waals surface area contributed by atoms with Gasteiger partial charge in [0.15, 0.2) is 0 Å². The van der Waals surface area contributed by atoms with Gasteiger partial charge in [-0.3, -0.25) is 0 Å². The molecule has 0 bridgehead atoms. The van der Waals surface area contributed by atoms with Gasteiger partial charge >= 0.3 is 6.03 Å². The summed E-state index contributed by atoms with van der Waals surface area (Å²) in [5, 5.41) is 0. The van der Waals surface area contributed by atoms with Gasteiger partial charge in [-0.15, -0.1) is 6.58 Å². The zero-order valence-electron chi connectivity index (χ0n) is 10.8. The third-order valence-corrected chi connectivity index (χ3v) is 3.90. The normalized spacial score (nSPS) is 22.5. The second-order valence-corrected chi connectivity index (χ2v) is 5.67. The van der Waals surface area contributed by atoms with Gasteiger partial charge in [-0.05, 0) is 24.6 Å². The highest BCUT2D eigenvalue weighted by atomic mass is 79.9. The number of nitrogens with zero attached hydrogens (tertiary/aromatic N) is 2. The van der Waals surface area contributed by atoms with Crippen LogP contribution in [0.4, 0.5) is 4.79 Å². The number of rotatable bonds is 4. The lowest BCUT2D eigenvalue weighted by molar-refractivity contribution is 0.187. The number of urea groups is 1. The van der Waals surface area contributed by atoms with Crippen LogP contribution in [0, 0.1) is 0 Å². The van der Waals surface area contributed by atoms with E-state index in [0.717, 1.165) is 10.0 Å². The molecule has 1 heterocycles. The summed E-state index contributed by atoms with van der Waals surface area (Å²) in [4.78, 5) is 17.4. The van der Waals surface area contributed by atoms with Gasteiger partial charge < -0.3 is 10.6 Å². The molecular formula is C14H16BrN3O. The lowest BCUT2D eigenvalue weighted by atomic mass is 9.90. The molecule has 4 nitrogen and oxygen atoms in total. The molecular weight excluding hydrogens is 306 g/mol. The van der Waals surface area contributed by atoms with Crippen LogP contribution >= 0.6 is 15.9 Å². The van der Waals surface area contributed by atoms with Gasteiger partial charge in [-0.1, -0.05) is 34.1 Å². The van der Waals surface area contributed by atoms with E-state index in [9.17, 15) is 4.79 Å². The summed E-state index contributed by atoms with van der Waals surface area (Å²) in [6, 6.07) is 7.67. The van der Waals surface area contributed by atoms with Crippen molar-refractivity contribution < 1.29 is 4.79 Å². The second-order valence-electron chi connectivity index (χ2n) is 4.76. The molecule has 0 saturated carbocycles. The van der Waals surface area contributed by atoms with Gasteiger partial charge in [0.2, 0.25) is 0 Å². The summed E-state index contributed by atoms with van der Waals surface area (Å²) >= 11 is 3.40. The van der Waals surface area contributed by atoms with Crippen molar-refractivity contribution in [1.29, 1.82) is 0 Å². The standard InChI is InChI=1S/C14H16BrN3O/c1-3-8-18-13(19)17-12(16)14(18,2)9-10-4-6-11(15)7-5-10/h3-7H,1,8-9H2,2H3,(H2,16,17,19). The number of hydrogen-bond donors (Lipinski definition) is 1. The van der Waals surface area contributed by atoms with Crippen LogP contribution in [0.1, 0.15) is 12.5 Å². The maximum Gasteiger partial charge on any atom is 0.346 e. The Morgan fingerprint density at radius 3 is 2.68 bits per heavy atom. The van der Waals surface area contributed by atoms with E-state index in [1.807, 2.05) is 31.2 Å². The smallest absolute Gasteiger partial charge is 0.346 e. The van der Waals surface area contributed by atoms with E-state index in [2.05, 4.69) is 27.5 Å². The average molecular weight is 322 g/mol. The van der Waals surface area contributed by atoms with Crippen LogP contribution in [-0.4, -0.2) is 28.9 Å². The summed E-state index contributed by atoms with van der Waals surface area (Å²) in [5.41, 5.74) is 6.47. The fourth-order valence-corrected chi connectivity index (χ4v) is 2.49. The minimum Gasteiger partial charge on any atom is -0.385 e. The summed E-state index contributed by atoms with van der Waals surface area (Å²) in [6.07, 6.45) is 2.32. The minimum absolute atomic E-state index is 0.294. The summed E-state index contributed by atoms with van der Waals surface area (Å²) in [6.45, 7) is 6.05. The van der Waals surface area contributed by atoms with E-state index in [-0.39, 0.29) is 6.03 Å². The van der Waals surface area contributed by atoms with E-state index in [4.69, 9.17) is 5.73 Å². The Morgan fingerprint density at radius 2 is 2.11 bits per heavy atom. The molecule has 0 aliphatic carbocycles. The van der Waals surface area contributed by atoms with E-state index in [1.165, 1.54) is 0 Å². The predicted molar refractivity (Wildman–Crippen MR) is 80.2 cm³/mol. The number of amides is 2. The molecule has 1 aromatic carbocycles. The SMILES string of the molecule is C=CCN1C(=O)N=C(N)C1(C)Cc1ccc(Br)cc1. The van der Waals surface area contributed by atoms with E-state index < -0.39 is 5.54 Å². The van der Waals surface area contributed by atoms with Gasteiger partial charge in [-0.25, -0.2) is 4.79 Å². The highest BCUT2D eigenvalue weighted by Gasteiger charge is 2.43. The molecule has 0 saturated heterocycles. The van der Waals surface area contributed by atoms with Crippen molar-refractivity contribution in [3.05, 3.63) is 47.0 Å². The summed E-state index contributed by atoms with van der Waals surface area (Å²) in [7, 11) is 0. The molecule has 1 aliphatic rings. The van der Waals surface area contributed by atoms with Crippen molar-refractivity contribution in [2.45, 2.75) is 18.9 Å². The summed E-state index contributed by atoms with van der Waals surface area (Å²) in [5.74, 6) is 0.363. The molecule has 5 heteroatoms. The van der Waals surface area contributed by atoms with Gasteiger partial charge in [0, 0.05) is 17.4 Å². The topological polar surface area (TPSA) is 58.7 Å². The number of amidine groups is 1. The van der Waals surface area contributed by atoms with Crippen LogP contribution in [-0.2, 0) is 6.42 Å². The van der Waals surface area contributed by atoms with Crippen molar-refractivity contribution in [3.8, 4) is 0 Å². The molecule has 2 rings (SSSR count). The fourth-order valence-electron chi connectivity index (χ4n) is 2.23. The Balaban J connectivity index is 2.29. The number of hydrogen-bond acceptors (Lipinski definition) is 2. The van der Waals surface area contributed by atoms with Gasteiger partial charge in [0.05, 0.1) is 0 Å². The van der Waals surface area contributed by atoms with Crippen molar-refractivity contribution in [1.82, 2.24) is 4.90 Å². The maximum atomic E-state index is 11.8. The lowest BCUT2D eigenvalue weighted by Gasteiger charge is -2.34. The molecule has 0 aromatic heterocycles. The molecule has 100 valence electrons. The maximum absolute atomic E-state index is 11.8. The third-order valence-electron chi connectivity index (χ3n) is 3.37. The van der Waals surface area contributed by atoms with Gasteiger partial charge in [0.1, 0.15) is 11.4 Å². The van der Waals surface area contributed by atoms with E-state index in [1.54, 1.807) is 11.0 Å². The van der Waals surface area contributed by atoms with Crippen LogP contribution in [0.15, 0.2) is 46.4 Å². The number of carbonyl (C=O) groups is 1. The highest BCUT2D eigenvalue weighted by molar-refractivity contribution is 9.10. The minimum atomic E-state index is -0.584. The molecule has 1 aromatic rings. The Morgan fingerprint density at radius 1 is 1.47 bits per heavy atom. The first-order chi connectivity index (χ1) is 8.97. The van der Waals surface area contributed by atoms with Crippen molar-refractivity contribution >= 4 is 27.8 Å². The molecule has 0 fully saturated rings. The zero-order valence-corrected chi connectivity index (χ0v) is 12.4. The lowest BCUT2D eigenvalue weighted by Crippen LogP contribution is -2.53. The first-order valence-electron chi connectivity index (χ1n) is 5.99. The van der Waals surface area contributed by atoms with Crippen molar-refractivity contribution in [3.63, 3.8) is 0 Å². The van der Waals surface area contributed by atoms with Crippen LogP contribution in [0.2, 0.25) is 0 Å². The molecule has 1 unspecified atom stereocenters. The monoisotopic (exact) mass is 321 g/mol. The molecule has 2 N–H and O–H groups in total. The third kappa shape index (κ3) is 2.56. The second kappa shape index (κ2) is 5.17. The van der Waals surface area contributed by atoms with E-state index >= 15 is 0 Å².